The van der Waals surface area contributed by atoms with Crippen molar-refractivity contribution in [3.63, 3.8) is 0 Å². The highest BCUT2D eigenvalue weighted by atomic mass is 16.4. The van der Waals surface area contributed by atoms with E-state index in [4.69, 9.17) is 0 Å². The third kappa shape index (κ3) is 12.4. The van der Waals surface area contributed by atoms with Crippen molar-refractivity contribution in [1.29, 1.82) is 0 Å². The zero-order chi connectivity index (χ0) is 16.3. The van der Waals surface area contributed by atoms with Gasteiger partial charge in [0.2, 0.25) is 5.91 Å². The van der Waals surface area contributed by atoms with Crippen LogP contribution in [0.15, 0.2) is 0 Å². The summed E-state index contributed by atoms with van der Waals surface area (Å²) in [6.07, 6.45) is 7.97. The van der Waals surface area contributed by atoms with Crippen molar-refractivity contribution >= 4 is 11.9 Å². The first kappa shape index (κ1) is 19.9. The van der Waals surface area contributed by atoms with Gasteiger partial charge in [-0.25, -0.2) is 0 Å². The molecule has 0 bridgehead atoms. The molecule has 0 aliphatic rings. The van der Waals surface area contributed by atoms with E-state index in [2.05, 4.69) is 12.2 Å². The van der Waals surface area contributed by atoms with Gasteiger partial charge in [-0.15, -0.1) is 0 Å². The number of carbonyl (C=O) groups excluding carboxylic acids is 1. The molecule has 21 heavy (non-hydrogen) atoms. The van der Waals surface area contributed by atoms with Crippen LogP contribution in [-0.4, -0.2) is 23.5 Å². The Kier molecular flexibility index (Phi) is 10.1. The Morgan fingerprint density at radius 1 is 1.05 bits per heavy atom. The summed E-state index contributed by atoms with van der Waals surface area (Å²) >= 11 is 0. The minimum atomic E-state index is -0.829. The zero-order valence-electron chi connectivity index (χ0n) is 14.2. The van der Waals surface area contributed by atoms with Gasteiger partial charge in [0.05, 0.1) is 5.92 Å². The van der Waals surface area contributed by atoms with Crippen molar-refractivity contribution in [1.82, 2.24) is 5.32 Å². The second-order valence-corrected chi connectivity index (χ2v) is 7.12. The molecule has 0 fully saturated rings. The van der Waals surface area contributed by atoms with E-state index in [0.717, 1.165) is 12.8 Å². The number of aliphatic carboxylic acids is 1. The van der Waals surface area contributed by atoms with Crippen molar-refractivity contribution in [3.05, 3.63) is 0 Å². The average Bonchev–Trinajstić information content (AvgIpc) is 2.37. The van der Waals surface area contributed by atoms with Gasteiger partial charge in [0, 0.05) is 13.0 Å². The Balaban J connectivity index is 3.85. The number of hydrogen-bond acceptors (Lipinski definition) is 2. The third-order valence-corrected chi connectivity index (χ3v) is 3.51. The molecule has 0 aromatic rings. The number of hydrogen-bond donors (Lipinski definition) is 2. The summed E-state index contributed by atoms with van der Waals surface area (Å²) in [5.41, 5.74) is -0.0485. The molecule has 4 heteroatoms. The molecule has 1 amide bonds. The lowest BCUT2D eigenvalue weighted by molar-refractivity contribution is -0.142. The van der Waals surface area contributed by atoms with E-state index in [0.29, 0.717) is 12.8 Å². The maximum Gasteiger partial charge on any atom is 0.308 e. The molecule has 0 aliphatic heterocycles. The predicted octanol–water partition coefficient (Wildman–Crippen LogP) is 3.99. The second kappa shape index (κ2) is 10.6. The number of carboxylic acid groups (broad SMARTS) is 1. The third-order valence-electron chi connectivity index (χ3n) is 3.51. The number of nitrogens with one attached hydrogen (secondary N) is 1. The lowest BCUT2D eigenvalue weighted by Gasteiger charge is -2.23. The number of carboxylic acids is 1. The Morgan fingerprint density at radius 2 is 1.62 bits per heavy atom. The Bertz CT molecular complexity index is 308. The van der Waals surface area contributed by atoms with Crippen molar-refractivity contribution in [2.45, 2.75) is 79.1 Å². The Morgan fingerprint density at radius 3 is 2.14 bits per heavy atom. The maximum atomic E-state index is 11.7. The van der Waals surface area contributed by atoms with Crippen LogP contribution in [0.5, 0.6) is 0 Å². The summed E-state index contributed by atoms with van der Waals surface area (Å²) in [6.45, 7) is 8.47. The van der Waals surface area contributed by atoms with Crippen molar-refractivity contribution in [3.8, 4) is 0 Å². The standard InChI is InChI=1S/C17H33NO3/c1-5-6-7-8-9-10-11-15(19)18-13-14(16(20)21)12-17(2,3)4/h14H,5-13H2,1-4H3,(H,18,19)(H,20,21). The first-order chi connectivity index (χ1) is 9.76. The van der Waals surface area contributed by atoms with E-state index in [1.807, 2.05) is 20.8 Å². The van der Waals surface area contributed by atoms with Crippen LogP contribution in [0.1, 0.15) is 79.1 Å². The highest BCUT2D eigenvalue weighted by molar-refractivity contribution is 5.77. The van der Waals surface area contributed by atoms with Crippen LogP contribution in [0.4, 0.5) is 0 Å². The van der Waals surface area contributed by atoms with Gasteiger partial charge >= 0.3 is 5.97 Å². The normalized spacial score (nSPS) is 13.0. The molecule has 4 nitrogen and oxygen atoms in total. The summed E-state index contributed by atoms with van der Waals surface area (Å²) in [5.74, 6) is -1.35. The number of rotatable bonds is 11. The maximum absolute atomic E-state index is 11.7. The lowest BCUT2D eigenvalue weighted by Crippen LogP contribution is -2.34. The van der Waals surface area contributed by atoms with Crippen LogP contribution in [0.25, 0.3) is 0 Å². The first-order valence-electron chi connectivity index (χ1n) is 8.25. The number of carbonyl (C=O) groups is 2. The SMILES string of the molecule is CCCCCCCCC(=O)NCC(CC(C)(C)C)C(=O)O. The summed E-state index contributed by atoms with van der Waals surface area (Å²) in [4.78, 5) is 22.9. The van der Waals surface area contributed by atoms with Crippen LogP contribution in [0, 0.1) is 11.3 Å². The molecule has 0 rings (SSSR count). The van der Waals surface area contributed by atoms with Gasteiger partial charge in [0.25, 0.3) is 0 Å². The van der Waals surface area contributed by atoms with Crippen LogP contribution < -0.4 is 5.32 Å². The summed E-state index contributed by atoms with van der Waals surface area (Å²) in [5, 5.41) is 12.0. The predicted molar refractivity (Wildman–Crippen MR) is 86.2 cm³/mol. The van der Waals surface area contributed by atoms with Crippen LogP contribution in [0.3, 0.4) is 0 Å². The summed E-state index contributed by atoms with van der Waals surface area (Å²) in [6, 6.07) is 0. The van der Waals surface area contributed by atoms with Crippen molar-refractivity contribution in [2.24, 2.45) is 11.3 Å². The fraction of sp³-hybridized carbons (Fsp3) is 0.882. The van der Waals surface area contributed by atoms with E-state index in [1.54, 1.807) is 0 Å². The van der Waals surface area contributed by atoms with E-state index >= 15 is 0 Å². The van der Waals surface area contributed by atoms with Gasteiger partial charge < -0.3 is 10.4 Å². The van der Waals surface area contributed by atoms with Crippen LogP contribution in [0.2, 0.25) is 0 Å². The Hall–Kier alpha value is -1.06. The van der Waals surface area contributed by atoms with Gasteiger partial charge in [-0.3, -0.25) is 9.59 Å². The summed E-state index contributed by atoms with van der Waals surface area (Å²) < 4.78 is 0. The molecule has 0 aliphatic carbocycles. The van der Waals surface area contributed by atoms with E-state index in [-0.39, 0.29) is 17.9 Å². The number of amides is 1. The quantitative estimate of drug-likeness (QED) is 0.567. The highest BCUT2D eigenvalue weighted by Gasteiger charge is 2.24. The molecule has 0 aromatic heterocycles. The zero-order valence-corrected chi connectivity index (χ0v) is 14.2. The van der Waals surface area contributed by atoms with Crippen molar-refractivity contribution < 1.29 is 14.7 Å². The van der Waals surface area contributed by atoms with Crippen LogP contribution in [-0.2, 0) is 9.59 Å². The largest absolute Gasteiger partial charge is 0.481 e. The molecule has 0 heterocycles. The molecule has 0 spiro atoms. The smallest absolute Gasteiger partial charge is 0.308 e. The molecule has 1 atom stereocenters. The second-order valence-electron chi connectivity index (χ2n) is 7.12. The van der Waals surface area contributed by atoms with E-state index in [9.17, 15) is 14.7 Å². The molecule has 0 saturated carbocycles. The molecular formula is C17H33NO3. The minimum Gasteiger partial charge on any atom is -0.481 e. The van der Waals surface area contributed by atoms with Crippen molar-refractivity contribution in [2.75, 3.05) is 6.54 Å². The molecule has 1 unspecified atom stereocenters. The van der Waals surface area contributed by atoms with Gasteiger partial charge in [-0.05, 0) is 18.3 Å². The summed E-state index contributed by atoms with van der Waals surface area (Å²) in [7, 11) is 0. The average molecular weight is 299 g/mol. The van der Waals surface area contributed by atoms with E-state index in [1.165, 1.54) is 25.7 Å². The topological polar surface area (TPSA) is 66.4 Å². The van der Waals surface area contributed by atoms with Gasteiger partial charge in [0.1, 0.15) is 0 Å². The minimum absolute atomic E-state index is 0.0225. The number of unbranched alkanes of at least 4 members (excludes halogenated alkanes) is 5. The molecule has 124 valence electrons. The highest BCUT2D eigenvalue weighted by Crippen LogP contribution is 2.24. The van der Waals surface area contributed by atoms with Gasteiger partial charge in [-0.2, -0.15) is 0 Å². The van der Waals surface area contributed by atoms with Gasteiger partial charge in [-0.1, -0.05) is 59.8 Å². The Labute approximate surface area is 129 Å². The molecule has 0 radical (unpaired) electrons. The molecular weight excluding hydrogens is 266 g/mol. The van der Waals surface area contributed by atoms with Gasteiger partial charge in [0.15, 0.2) is 0 Å². The molecule has 2 N–H and O–H groups in total. The fourth-order valence-electron chi connectivity index (χ4n) is 2.38. The lowest BCUT2D eigenvalue weighted by atomic mass is 9.84. The first-order valence-corrected chi connectivity index (χ1v) is 8.25. The molecule has 0 aromatic carbocycles. The van der Waals surface area contributed by atoms with Crippen LogP contribution >= 0.6 is 0 Å². The molecule has 0 saturated heterocycles. The fourth-order valence-corrected chi connectivity index (χ4v) is 2.38. The van der Waals surface area contributed by atoms with E-state index < -0.39 is 11.9 Å². The monoisotopic (exact) mass is 299 g/mol.